The maximum absolute atomic E-state index is 12.1. The van der Waals surface area contributed by atoms with Gasteiger partial charge in [-0.1, -0.05) is 42.1 Å². The molecular formula is C17H20O3S2. The Bertz CT molecular complexity index is 508. The van der Waals surface area contributed by atoms with Crippen molar-refractivity contribution < 1.29 is 14.3 Å². The molecule has 1 atom stereocenters. The van der Waals surface area contributed by atoms with Crippen molar-refractivity contribution in [3.8, 4) is 12.3 Å². The van der Waals surface area contributed by atoms with Gasteiger partial charge in [0.2, 0.25) is 4.38 Å². The molecule has 0 amide bonds. The predicted molar refractivity (Wildman–Crippen MR) is 94.8 cm³/mol. The number of benzene rings is 1. The van der Waals surface area contributed by atoms with Crippen molar-refractivity contribution in [3.63, 3.8) is 0 Å². The molecule has 0 aromatic heterocycles. The van der Waals surface area contributed by atoms with Crippen molar-refractivity contribution in [1.82, 2.24) is 0 Å². The standard InChI is InChI=1S/C17H20O3S2/c1-3-4-8-13-19-16(18)15(20-17(21)22-2)12-11-14-9-6-5-7-10-14/h1,5-7,9-10,15H,4,8,11-13H2,2H3. The topological polar surface area (TPSA) is 35.5 Å². The van der Waals surface area contributed by atoms with Crippen molar-refractivity contribution in [1.29, 1.82) is 0 Å². The molecule has 0 aliphatic heterocycles. The van der Waals surface area contributed by atoms with E-state index in [0.717, 1.165) is 12.0 Å². The molecule has 0 radical (unpaired) electrons. The molecule has 0 aliphatic carbocycles. The van der Waals surface area contributed by atoms with E-state index in [4.69, 9.17) is 28.1 Å². The summed E-state index contributed by atoms with van der Waals surface area (Å²) in [5, 5.41) is 0. The number of terminal acetylenes is 1. The highest BCUT2D eigenvalue weighted by molar-refractivity contribution is 8.22. The van der Waals surface area contributed by atoms with E-state index in [1.54, 1.807) is 0 Å². The molecule has 1 aromatic rings. The fourth-order valence-corrected chi connectivity index (χ4v) is 2.10. The number of unbranched alkanes of at least 4 members (excludes halogenated alkanes) is 1. The Balaban J connectivity index is 2.53. The van der Waals surface area contributed by atoms with Gasteiger partial charge in [-0.25, -0.2) is 4.79 Å². The fraction of sp³-hybridized carbons (Fsp3) is 0.412. The highest BCUT2D eigenvalue weighted by Gasteiger charge is 2.22. The van der Waals surface area contributed by atoms with Crippen molar-refractivity contribution in [2.45, 2.75) is 31.8 Å². The van der Waals surface area contributed by atoms with Crippen LogP contribution in [0.25, 0.3) is 0 Å². The zero-order valence-electron chi connectivity index (χ0n) is 12.6. The number of esters is 1. The summed E-state index contributed by atoms with van der Waals surface area (Å²) in [6.07, 6.45) is 8.80. The number of hydrogen-bond acceptors (Lipinski definition) is 5. The van der Waals surface area contributed by atoms with Crippen molar-refractivity contribution in [2.75, 3.05) is 12.9 Å². The van der Waals surface area contributed by atoms with E-state index < -0.39 is 6.10 Å². The van der Waals surface area contributed by atoms with Crippen LogP contribution in [0.3, 0.4) is 0 Å². The molecule has 5 heteroatoms. The van der Waals surface area contributed by atoms with Crippen LogP contribution in [0.1, 0.15) is 24.8 Å². The second-order valence-electron chi connectivity index (χ2n) is 4.56. The molecule has 0 heterocycles. The quantitative estimate of drug-likeness (QED) is 0.314. The SMILES string of the molecule is C#CCCCOC(=O)C(CCc1ccccc1)OC(=S)SC. The Morgan fingerprint density at radius 3 is 2.77 bits per heavy atom. The third-order valence-electron chi connectivity index (χ3n) is 2.92. The molecule has 0 spiro atoms. The smallest absolute Gasteiger partial charge is 0.347 e. The van der Waals surface area contributed by atoms with E-state index in [-0.39, 0.29) is 5.97 Å². The average molecular weight is 336 g/mol. The first kappa shape index (κ1) is 18.5. The molecule has 0 fully saturated rings. The minimum absolute atomic E-state index is 0.306. The van der Waals surface area contributed by atoms with Crippen molar-refractivity contribution in [2.24, 2.45) is 0 Å². The van der Waals surface area contributed by atoms with Gasteiger partial charge in [-0.05, 0) is 43.3 Å². The van der Waals surface area contributed by atoms with E-state index in [1.807, 2.05) is 36.6 Å². The summed E-state index contributed by atoms with van der Waals surface area (Å²) < 4.78 is 11.1. The molecule has 0 N–H and O–H groups in total. The first-order valence-corrected chi connectivity index (χ1v) is 8.69. The van der Waals surface area contributed by atoms with Gasteiger partial charge in [0.15, 0.2) is 6.10 Å². The minimum Gasteiger partial charge on any atom is -0.463 e. The zero-order valence-corrected chi connectivity index (χ0v) is 14.3. The zero-order chi connectivity index (χ0) is 16.2. The van der Waals surface area contributed by atoms with Crippen LogP contribution in [-0.4, -0.2) is 29.3 Å². The van der Waals surface area contributed by atoms with Crippen LogP contribution in [0.5, 0.6) is 0 Å². The molecule has 3 nitrogen and oxygen atoms in total. The number of rotatable bonds is 8. The molecule has 1 aromatic carbocycles. The molecule has 0 bridgehead atoms. The van der Waals surface area contributed by atoms with E-state index in [9.17, 15) is 4.79 Å². The highest BCUT2D eigenvalue weighted by atomic mass is 32.2. The summed E-state index contributed by atoms with van der Waals surface area (Å²) >= 11 is 6.34. The summed E-state index contributed by atoms with van der Waals surface area (Å²) in [5.41, 5.74) is 1.14. The summed E-state index contributed by atoms with van der Waals surface area (Å²) in [6.45, 7) is 0.306. The number of thiocarbonyl (C=S) groups is 1. The van der Waals surface area contributed by atoms with E-state index in [1.165, 1.54) is 11.8 Å². The van der Waals surface area contributed by atoms with Gasteiger partial charge >= 0.3 is 5.97 Å². The van der Waals surface area contributed by atoms with Crippen LogP contribution < -0.4 is 0 Å². The van der Waals surface area contributed by atoms with Gasteiger partial charge in [0, 0.05) is 6.42 Å². The molecule has 0 saturated heterocycles. The molecule has 0 saturated carbocycles. The fourth-order valence-electron chi connectivity index (χ4n) is 1.77. The number of thioether (sulfide) groups is 1. The maximum atomic E-state index is 12.1. The summed E-state index contributed by atoms with van der Waals surface area (Å²) in [7, 11) is 0. The molecule has 22 heavy (non-hydrogen) atoms. The molecular weight excluding hydrogens is 316 g/mol. The monoisotopic (exact) mass is 336 g/mol. The molecule has 118 valence electrons. The Labute approximate surface area is 141 Å². The van der Waals surface area contributed by atoms with E-state index in [0.29, 0.717) is 30.3 Å². The Hall–Kier alpha value is -1.51. The minimum atomic E-state index is -0.675. The lowest BCUT2D eigenvalue weighted by Crippen LogP contribution is -2.29. The van der Waals surface area contributed by atoms with Crippen molar-refractivity contribution >= 4 is 34.3 Å². The maximum Gasteiger partial charge on any atom is 0.347 e. The Morgan fingerprint density at radius 2 is 2.14 bits per heavy atom. The van der Waals surface area contributed by atoms with Crippen LogP contribution in [-0.2, 0) is 20.7 Å². The van der Waals surface area contributed by atoms with Gasteiger partial charge in [-0.2, -0.15) is 0 Å². The second-order valence-corrected chi connectivity index (χ2v) is 5.97. The summed E-state index contributed by atoms with van der Waals surface area (Å²) in [4.78, 5) is 12.1. The molecule has 1 rings (SSSR count). The van der Waals surface area contributed by atoms with E-state index in [2.05, 4.69) is 5.92 Å². The highest BCUT2D eigenvalue weighted by Crippen LogP contribution is 2.13. The van der Waals surface area contributed by atoms with Crippen LogP contribution in [0, 0.1) is 12.3 Å². The van der Waals surface area contributed by atoms with Gasteiger partial charge in [0.25, 0.3) is 0 Å². The third-order valence-corrected chi connectivity index (χ3v) is 3.94. The van der Waals surface area contributed by atoms with E-state index >= 15 is 0 Å². The number of ether oxygens (including phenoxy) is 2. The average Bonchev–Trinajstić information content (AvgIpc) is 2.55. The normalized spacial score (nSPS) is 11.3. The first-order valence-electron chi connectivity index (χ1n) is 7.06. The first-order chi connectivity index (χ1) is 10.7. The largest absolute Gasteiger partial charge is 0.463 e. The molecule has 1 unspecified atom stereocenters. The van der Waals surface area contributed by atoms with Gasteiger partial charge in [0.1, 0.15) is 0 Å². The van der Waals surface area contributed by atoms with Crippen LogP contribution in [0.15, 0.2) is 30.3 Å². The van der Waals surface area contributed by atoms with Crippen LogP contribution in [0.2, 0.25) is 0 Å². The lowest BCUT2D eigenvalue weighted by atomic mass is 10.1. The van der Waals surface area contributed by atoms with Crippen LogP contribution in [0.4, 0.5) is 0 Å². The Morgan fingerprint density at radius 1 is 1.41 bits per heavy atom. The molecule has 0 aliphatic rings. The van der Waals surface area contributed by atoms with Crippen LogP contribution >= 0.6 is 24.0 Å². The lowest BCUT2D eigenvalue weighted by molar-refractivity contribution is -0.152. The van der Waals surface area contributed by atoms with Gasteiger partial charge in [0.05, 0.1) is 6.61 Å². The second kappa shape index (κ2) is 11.1. The summed E-state index contributed by atoms with van der Waals surface area (Å²) in [5.74, 6) is 2.13. The number of carbonyl (C=O) groups is 1. The number of carbonyl (C=O) groups excluding carboxylic acids is 1. The summed E-state index contributed by atoms with van der Waals surface area (Å²) in [6, 6.07) is 9.93. The number of hydrogen-bond donors (Lipinski definition) is 0. The third kappa shape index (κ3) is 7.48. The Kier molecular flexibility index (Phi) is 9.36. The van der Waals surface area contributed by atoms with Crippen molar-refractivity contribution in [3.05, 3.63) is 35.9 Å². The lowest BCUT2D eigenvalue weighted by Gasteiger charge is -2.17. The number of aryl methyl sites for hydroxylation is 1. The van der Waals surface area contributed by atoms with Gasteiger partial charge in [-0.15, -0.1) is 12.3 Å². The van der Waals surface area contributed by atoms with Gasteiger partial charge < -0.3 is 9.47 Å². The predicted octanol–water partition coefficient (Wildman–Crippen LogP) is 3.61. The van der Waals surface area contributed by atoms with Gasteiger partial charge in [-0.3, -0.25) is 0 Å².